The zero-order valence-corrected chi connectivity index (χ0v) is 16.1. The molecule has 0 spiro atoms. The van der Waals surface area contributed by atoms with Crippen molar-refractivity contribution in [2.45, 2.75) is 39.7 Å². The number of thiophene rings is 1. The van der Waals surface area contributed by atoms with Crippen LogP contribution in [0, 0.1) is 13.8 Å². The lowest BCUT2D eigenvalue weighted by Crippen LogP contribution is -2.22. The highest BCUT2D eigenvalue weighted by atomic mass is 32.1. The lowest BCUT2D eigenvalue weighted by molar-refractivity contribution is -0.119. The number of benzene rings is 1. The Morgan fingerprint density at radius 1 is 1.31 bits per heavy atom. The maximum Gasteiger partial charge on any atom is 0.341 e. The van der Waals surface area contributed by atoms with Crippen LogP contribution in [0.15, 0.2) is 24.3 Å². The summed E-state index contributed by atoms with van der Waals surface area (Å²) in [7, 11) is 0. The van der Waals surface area contributed by atoms with Crippen molar-refractivity contribution in [3.05, 3.63) is 51.4 Å². The topological polar surface area (TPSA) is 64.6 Å². The van der Waals surface area contributed by atoms with E-state index in [1.54, 1.807) is 6.92 Å². The first kappa shape index (κ1) is 18.6. The number of anilines is 1. The zero-order chi connectivity index (χ0) is 18.7. The summed E-state index contributed by atoms with van der Waals surface area (Å²) in [6.07, 6.45) is 0.827. The van der Waals surface area contributed by atoms with Gasteiger partial charge in [-0.05, 0) is 43.9 Å². The number of carbonyl (C=O) groups excluding carboxylic acids is 2. The van der Waals surface area contributed by atoms with E-state index in [0.29, 0.717) is 23.8 Å². The predicted molar refractivity (Wildman–Crippen MR) is 102 cm³/mol. The van der Waals surface area contributed by atoms with Gasteiger partial charge in [0.15, 0.2) is 0 Å². The summed E-state index contributed by atoms with van der Waals surface area (Å²) >= 11 is 1.40. The summed E-state index contributed by atoms with van der Waals surface area (Å²) in [4.78, 5) is 25.8. The summed E-state index contributed by atoms with van der Waals surface area (Å²) < 4.78 is 10.9. The van der Waals surface area contributed by atoms with Gasteiger partial charge < -0.3 is 14.8 Å². The molecule has 1 aromatic heterocycles. The molecule has 0 saturated heterocycles. The van der Waals surface area contributed by atoms with Crippen molar-refractivity contribution in [3.63, 3.8) is 0 Å². The standard InChI is InChI=1S/C20H23NO4S/c1-4-24-20(23)18-12(2)13(3)26-19(18)21-17(22)11-16-15-8-6-5-7-14(15)9-10-25-16/h5-8,16H,4,9-11H2,1-3H3,(H,21,22). The highest BCUT2D eigenvalue weighted by Gasteiger charge is 2.26. The van der Waals surface area contributed by atoms with Crippen molar-refractivity contribution >= 4 is 28.2 Å². The first-order valence-electron chi connectivity index (χ1n) is 8.77. The van der Waals surface area contributed by atoms with Crippen LogP contribution in [0.2, 0.25) is 0 Å². The van der Waals surface area contributed by atoms with Crippen molar-refractivity contribution in [1.29, 1.82) is 0 Å². The van der Waals surface area contributed by atoms with Gasteiger partial charge in [0.1, 0.15) is 5.00 Å². The Morgan fingerprint density at radius 2 is 2.08 bits per heavy atom. The second kappa shape index (κ2) is 8.01. The molecule has 0 radical (unpaired) electrons. The van der Waals surface area contributed by atoms with Crippen molar-refractivity contribution in [3.8, 4) is 0 Å². The molecule has 3 rings (SSSR count). The molecule has 1 unspecified atom stereocenters. The van der Waals surface area contributed by atoms with Crippen molar-refractivity contribution in [2.75, 3.05) is 18.5 Å². The quantitative estimate of drug-likeness (QED) is 0.799. The number of aryl methyl sites for hydroxylation is 1. The predicted octanol–water partition coefficient (Wildman–Crippen LogP) is 4.18. The monoisotopic (exact) mass is 373 g/mol. The Balaban J connectivity index is 1.76. The second-order valence-electron chi connectivity index (χ2n) is 6.27. The van der Waals surface area contributed by atoms with E-state index in [1.807, 2.05) is 32.0 Å². The van der Waals surface area contributed by atoms with Crippen LogP contribution in [0.25, 0.3) is 0 Å². The van der Waals surface area contributed by atoms with Crippen LogP contribution in [0.4, 0.5) is 5.00 Å². The van der Waals surface area contributed by atoms with E-state index in [4.69, 9.17) is 9.47 Å². The third kappa shape index (κ3) is 3.81. The number of amides is 1. The van der Waals surface area contributed by atoms with Crippen LogP contribution in [0.3, 0.4) is 0 Å². The van der Waals surface area contributed by atoms with Gasteiger partial charge in [-0.2, -0.15) is 0 Å². The molecule has 0 bridgehead atoms. The fourth-order valence-corrected chi connectivity index (χ4v) is 4.22. The van der Waals surface area contributed by atoms with Gasteiger partial charge in [0.25, 0.3) is 0 Å². The van der Waals surface area contributed by atoms with Gasteiger partial charge in [0, 0.05) is 4.88 Å². The third-order valence-electron chi connectivity index (χ3n) is 4.58. The molecule has 1 amide bonds. The van der Waals surface area contributed by atoms with Gasteiger partial charge in [-0.1, -0.05) is 24.3 Å². The van der Waals surface area contributed by atoms with E-state index in [0.717, 1.165) is 22.4 Å². The molecule has 0 saturated carbocycles. The normalized spacial score (nSPS) is 16.0. The van der Waals surface area contributed by atoms with Crippen molar-refractivity contribution in [2.24, 2.45) is 0 Å². The van der Waals surface area contributed by atoms with Crippen molar-refractivity contribution < 1.29 is 19.1 Å². The molecule has 2 heterocycles. The van der Waals surface area contributed by atoms with Crippen LogP contribution < -0.4 is 5.32 Å². The maximum atomic E-state index is 12.6. The molecule has 1 aromatic carbocycles. The number of hydrogen-bond donors (Lipinski definition) is 1. The number of rotatable bonds is 5. The Morgan fingerprint density at radius 3 is 2.85 bits per heavy atom. The number of ether oxygens (including phenoxy) is 2. The van der Waals surface area contributed by atoms with Crippen LogP contribution in [-0.4, -0.2) is 25.1 Å². The summed E-state index contributed by atoms with van der Waals surface area (Å²) in [6, 6.07) is 8.05. The smallest absolute Gasteiger partial charge is 0.341 e. The van der Waals surface area contributed by atoms with E-state index in [-0.39, 0.29) is 18.4 Å². The SMILES string of the molecule is CCOC(=O)c1c(NC(=O)CC2OCCc3ccccc32)sc(C)c1C. The minimum Gasteiger partial charge on any atom is -0.462 e. The minimum atomic E-state index is -0.399. The van der Waals surface area contributed by atoms with Crippen LogP contribution in [0.5, 0.6) is 0 Å². The lowest BCUT2D eigenvalue weighted by Gasteiger charge is -2.25. The second-order valence-corrected chi connectivity index (χ2v) is 7.49. The summed E-state index contributed by atoms with van der Waals surface area (Å²) in [5.41, 5.74) is 3.60. The van der Waals surface area contributed by atoms with E-state index in [9.17, 15) is 9.59 Å². The van der Waals surface area contributed by atoms with Gasteiger partial charge in [0.2, 0.25) is 5.91 Å². The highest BCUT2D eigenvalue weighted by molar-refractivity contribution is 7.16. The van der Waals surface area contributed by atoms with Gasteiger partial charge in [-0.25, -0.2) is 4.79 Å². The first-order valence-corrected chi connectivity index (χ1v) is 9.59. The molecule has 1 N–H and O–H groups in total. The molecular formula is C20H23NO4S. The highest BCUT2D eigenvalue weighted by Crippen LogP contribution is 2.34. The minimum absolute atomic E-state index is 0.168. The molecule has 1 aliphatic heterocycles. The Kier molecular flexibility index (Phi) is 5.74. The van der Waals surface area contributed by atoms with Crippen LogP contribution in [-0.2, 0) is 20.7 Å². The summed E-state index contributed by atoms with van der Waals surface area (Å²) in [6.45, 7) is 6.48. The average molecular weight is 373 g/mol. The molecule has 6 heteroatoms. The molecule has 138 valence electrons. The molecule has 0 fully saturated rings. The van der Waals surface area contributed by atoms with E-state index >= 15 is 0 Å². The molecule has 1 aliphatic rings. The van der Waals surface area contributed by atoms with Crippen LogP contribution >= 0.6 is 11.3 Å². The Labute approximate surface area is 157 Å². The molecule has 2 aromatic rings. The molecule has 1 atom stereocenters. The zero-order valence-electron chi connectivity index (χ0n) is 15.3. The fourth-order valence-electron chi connectivity index (χ4n) is 3.16. The van der Waals surface area contributed by atoms with E-state index in [1.165, 1.54) is 16.9 Å². The number of hydrogen-bond acceptors (Lipinski definition) is 5. The molecule has 26 heavy (non-hydrogen) atoms. The fraction of sp³-hybridized carbons (Fsp3) is 0.400. The number of nitrogens with one attached hydrogen (secondary N) is 1. The Hall–Kier alpha value is -2.18. The van der Waals surface area contributed by atoms with Crippen molar-refractivity contribution in [1.82, 2.24) is 0 Å². The first-order chi connectivity index (χ1) is 12.5. The third-order valence-corrected chi connectivity index (χ3v) is 5.70. The van der Waals surface area contributed by atoms with Gasteiger partial charge >= 0.3 is 5.97 Å². The number of carbonyl (C=O) groups is 2. The Bertz CT molecular complexity index is 827. The van der Waals surface area contributed by atoms with Crippen LogP contribution in [0.1, 0.15) is 51.4 Å². The van der Waals surface area contributed by atoms with E-state index in [2.05, 4.69) is 11.4 Å². The lowest BCUT2D eigenvalue weighted by atomic mass is 9.95. The van der Waals surface area contributed by atoms with Gasteiger partial charge in [0.05, 0.1) is 31.3 Å². The van der Waals surface area contributed by atoms with Gasteiger partial charge in [-0.15, -0.1) is 11.3 Å². The largest absolute Gasteiger partial charge is 0.462 e. The number of esters is 1. The maximum absolute atomic E-state index is 12.6. The average Bonchev–Trinajstić information content (AvgIpc) is 2.89. The van der Waals surface area contributed by atoms with Gasteiger partial charge in [-0.3, -0.25) is 4.79 Å². The number of fused-ring (bicyclic) bond motifs is 1. The summed E-state index contributed by atoms with van der Waals surface area (Å²) in [5, 5.41) is 3.44. The molecular weight excluding hydrogens is 350 g/mol. The molecule has 0 aliphatic carbocycles. The summed E-state index contributed by atoms with van der Waals surface area (Å²) in [5.74, 6) is -0.567. The van der Waals surface area contributed by atoms with E-state index < -0.39 is 5.97 Å². The molecule has 5 nitrogen and oxygen atoms in total.